The van der Waals surface area contributed by atoms with E-state index in [1.807, 2.05) is 13.8 Å². The molecule has 0 aliphatic rings. The van der Waals surface area contributed by atoms with Crippen molar-refractivity contribution in [3.63, 3.8) is 0 Å². The lowest BCUT2D eigenvalue weighted by molar-refractivity contribution is -0.137. The lowest BCUT2D eigenvalue weighted by atomic mass is 10.0. The van der Waals surface area contributed by atoms with Crippen LogP contribution in [0.3, 0.4) is 0 Å². The van der Waals surface area contributed by atoms with Gasteiger partial charge in [-0.15, -0.1) is 0 Å². The zero-order chi connectivity index (χ0) is 24.2. The number of rotatable bonds is 8. The topological polar surface area (TPSA) is 101 Å². The highest BCUT2D eigenvalue weighted by atomic mass is 32.2. The van der Waals surface area contributed by atoms with Crippen molar-refractivity contribution in [1.29, 1.82) is 0 Å². The third-order valence-electron chi connectivity index (χ3n) is 4.73. The predicted molar refractivity (Wildman–Crippen MR) is 116 cm³/mol. The summed E-state index contributed by atoms with van der Waals surface area (Å²) in [5.74, 6) is -0.0496. The van der Waals surface area contributed by atoms with Gasteiger partial charge in [0.25, 0.3) is 10.0 Å². The smallest absolute Gasteiger partial charge is 0.416 e. The number of hydrogen-bond donors (Lipinski definition) is 2. The first kappa shape index (κ1) is 24.5. The minimum absolute atomic E-state index is 0.0123. The Hall–Kier alpha value is -3.18. The highest BCUT2D eigenvalue weighted by Crippen LogP contribution is 2.37. The largest absolute Gasteiger partial charge is 0.475 e. The van der Waals surface area contributed by atoms with Gasteiger partial charge in [-0.2, -0.15) is 13.2 Å². The van der Waals surface area contributed by atoms with Gasteiger partial charge in [0.15, 0.2) is 5.82 Å². The van der Waals surface area contributed by atoms with Crippen LogP contribution in [0.1, 0.15) is 30.9 Å². The first-order valence-corrected chi connectivity index (χ1v) is 11.4. The summed E-state index contributed by atoms with van der Waals surface area (Å²) in [5.41, 5.74) is 0.334. The summed E-state index contributed by atoms with van der Waals surface area (Å²) in [6.07, 6.45) is -3.48. The van der Waals surface area contributed by atoms with Crippen molar-refractivity contribution in [2.24, 2.45) is 0 Å². The molecule has 0 bridgehead atoms. The predicted octanol–water partition coefficient (Wildman–Crippen LogP) is 4.46. The maximum Gasteiger partial charge on any atom is 0.416 e. The van der Waals surface area contributed by atoms with Gasteiger partial charge < -0.3 is 9.84 Å². The molecule has 0 radical (unpaired) electrons. The van der Waals surface area contributed by atoms with Crippen LogP contribution in [0.15, 0.2) is 59.8 Å². The van der Waals surface area contributed by atoms with E-state index in [2.05, 4.69) is 14.7 Å². The number of anilines is 1. The highest BCUT2D eigenvalue weighted by Gasteiger charge is 2.30. The molecule has 1 heterocycles. The second-order valence-electron chi connectivity index (χ2n) is 7.38. The molecule has 11 heteroatoms. The van der Waals surface area contributed by atoms with Gasteiger partial charge in [0.2, 0.25) is 5.88 Å². The first-order valence-electron chi connectivity index (χ1n) is 9.92. The molecule has 0 saturated carbocycles. The number of benzene rings is 2. The second-order valence-corrected chi connectivity index (χ2v) is 9.06. The molecule has 0 amide bonds. The molecule has 0 aliphatic heterocycles. The fraction of sp³-hybridized carbons (Fsp3) is 0.273. The Morgan fingerprint density at radius 2 is 1.67 bits per heavy atom. The molecular weight excluding hydrogens is 459 g/mol. The van der Waals surface area contributed by atoms with Crippen LogP contribution >= 0.6 is 0 Å². The van der Waals surface area contributed by atoms with Crippen LogP contribution in [0.25, 0.3) is 11.1 Å². The van der Waals surface area contributed by atoms with Gasteiger partial charge >= 0.3 is 6.18 Å². The molecule has 0 spiro atoms. The molecule has 0 aliphatic carbocycles. The Morgan fingerprint density at radius 3 is 2.21 bits per heavy atom. The minimum atomic E-state index is -4.53. The minimum Gasteiger partial charge on any atom is -0.475 e. The van der Waals surface area contributed by atoms with Crippen LogP contribution in [-0.4, -0.2) is 36.7 Å². The van der Waals surface area contributed by atoms with Crippen molar-refractivity contribution in [2.45, 2.75) is 30.8 Å². The fourth-order valence-corrected chi connectivity index (χ4v) is 4.02. The summed E-state index contributed by atoms with van der Waals surface area (Å²) in [6.45, 7) is 3.45. The molecule has 3 rings (SSSR count). The summed E-state index contributed by atoms with van der Waals surface area (Å²) >= 11 is 0. The Kier molecular flexibility index (Phi) is 7.23. The van der Waals surface area contributed by atoms with Crippen molar-refractivity contribution in [1.82, 2.24) is 9.97 Å². The molecule has 3 aromatic rings. The van der Waals surface area contributed by atoms with E-state index in [1.54, 1.807) is 12.1 Å². The van der Waals surface area contributed by atoms with E-state index in [0.717, 1.165) is 24.0 Å². The van der Waals surface area contributed by atoms with Crippen LogP contribution in [-0.2, 0) is 16.2 Å². The molecule has 176 valence electrons. The first-order chi connectivity index (χ1) is 15.5. The Balaban J connectivity index is 2.04. The molecular formula is C22H22F3N3O4S. The number of halogens is 3. The van der Waals surface area contributed by atoms with Gasteiger partial charge in [0.1, 0.15) is 12.9 Å². The quantitative estimate of drug-likeness (QED) is 0.493. The highest BCUT2D eigenvalue weighted by molar-refractivity contribution is 7.92. The van der Waals surface area contributed by atoms with E-state index in [4.69, 9.17) is 9.84 Å². The average molecular weight is 481 g/mol. The van der Waals surface area contributed by atoms with Crippen molar-refractivity contribution in [3.05, 3.63) is 66.0 Å². The zero-order valence-electron chi connectivity index (χ0n) is 17.8. The summed E-state index contributed by atoms with van der Waals surface area (Å²) < 4.78 is 72.6. The third-order valence-corrected chi connectivity index (χ3v) is 6.09. The van der Waals surface area contributed by atoms with Gasteiger partial charge in [0, 0.05) is 0 Å². The van der Waals surface area contributed by atoms with E-state index >= 15 is 0 Å². The van der Waals surface area contributed by atoms with Crippen molar-refractivity contribution < 1.29 is 31.4 Å². The molecule has 0 fully saturated rings. The summed E-state index contributed by atoms with van der Waals surface area (Å²) in [4.78, 5) is 7.93. The normalized spacial score (nSPS) is 12.1. The van der Waals surface area contributed by atoms with Crippen LogP contribution in [0, 0.1) is 0 Å². The number of hydrogen-bond acceptors (Lipinski definition) is 6. The molecule has 2 N–H and O–H groups in total. The summed E-state index contributed by atoms with van der Waals surface area (Å²) in [5, 5.41) is 9.08. The van der Waals surface area contributed by atoms with E-state index in [-0.39, 0.29) is 46.9 Å². The Morgan fingerprint density at radius 1 is 1.03 bits per heavy atom. The fourth-order valence-electron chi connectivity index (χ4n) is 3.00. The summed E-state index contributed by atoms with van der Waals surface area (Å²) in [6, 6.07) is 10.4. The number of nitrogens with zero attached hydrogens (tertiary/aromatic N) is 2. The Bertz CT molecular complexity index is 1200. The number of aliphatic hydroxyl groups is 1. The van der Waals surface area contributed by atoms with Gasteiger partial charge in [-0.3, -0.25) is 4.72 Å². The zero-order valence-corrected chi connectivity index (χ0v) is 18.6. The monoisotopic (exact) mass is 481 g/mol. The van der Waals surface area contributed by atoms with Crippen molar-refractivity contribution in [2.75, 3.05) is 17.9 Å². The van der Waals surface area contributed by atoms with E-state index in [9.17, 15) is 21.6 Å². The molecule has 0 atom stereocenters. The molecule has 7 nitrogen and oxygen atoms in total. The number of alkyl halides is 3. The van der Waals surface area contributed by atoms with E-state index in [0.29, 0.717) is 0 Å². The number of ether oxygens (including phenoxy) is 1. The van der Waals surface area contributed by atoms with Crippen LogP contribution < -0.4 is 9.46 Å². The summed E-state index contributed by atoms with van der Waals surface area (Å²) in [7, 11) is -4.08. The van der Waals surface area contributed by atoms with Gasteiger partial charge in [0.05, 0.1) is 22.6 Å². The number of aromatic nitrogens is 2. The van der Waals surface area contributed by atoms with E-state index in [1.165, 1.54) is 24.3 Å². The number of sulfonamides is 1. The van der Waals surface area contributed by atoms with Gasteiger partial charge in [-0.25, -0.2) is 18.4 Å². The lowest BCUT2D eigenvalue weighted by Gasteiger charge is -2.16. The Labute approximate surface area is 189 Å². The van der Waals surface area contributed by atoms with Gasteiger partial charge in [-0.05, 0) is 41.3 Å². The molecule has 33 heavy (non-hydrogen) atoms. The molecule has 0 unspecified atom stereocenters. The standard InChI is InChI=1S/C22H22F3N3O4S/c1-14(2)15-5-9-18(10-6-15)33(30,31)28-20-19(21(27-13-26-20)32-12-11-29)16-3-7-17(8-4-16)22(23,24)25/h3-10,13-14,29H,11-12H2,1-2H3,(H,26,27,28). The second kappa shape index (κ2) is 9.75. The van der Waals surface area contributed by atoms with Gasteiger partial charge in [-0.1, -0.05) is 38.1 Å². The van der Waals surface area contributed by atoms with Crippen LogP contribution in [0.4, 0.5) is 19.0 Å². The molecule has 0 saturated heterocycles. The van der Waals surface area contributed by atoms with Crippen LogP contribution in [0.5, 0.6) is 5.88 Å². The molecule has 1 aromatic heterocycles. The van der Waals surface area contributed by atoms with Crippen molar-refractivity contribution in [3.8, 4) is 17.0 Å². The number of nitrogens with one attached hydrogen (secondary N) is 1. The lowest BCUT2D eigenvalue weighted by Crippen LogP contribution is -2.16. The SMILES string of the molecule is CC(C)c1ccc(S(=O)(=O)Nc2ncnc(OCCO)c2-c2ccc(C(F)(F)F)cc2)cc1. The van der Waals surface area contributed by atoms with Crippen molar-refractivity contribution >= 4 is 15.8 Å². The van der Waals surface area contributed by atoms with E-state index < -0.39 is 21.8 Å². The average Bonchev–Trinajstić information content (AvgIpc) is 2.77. The van der Waals surface area contributed by atoms with Crippen LogP contribution in [0.2, 0.25) is 0 Å². The molecule has 2 aromatic carbocycles. The number of aliphatic hydroxyl groups excluding tert-OH is 1. The third kappa shape index (κ3) is 5.79. The maximum absolute atomic E-state index is 13.0. The maximum atomic E-state index is 13.0.